The summed E-state index contributed by atoms with van der Waals surface area (Å²) in [6.07, 6.45) is -6.36. The number of aliphatic carboxylic acids is 1. The van der Waals surface area contributed by atoms with Gasteiger partial charge in [-0.3, -0.25) is 0 Å². The lowest BCUT2D eigenvalue weighted by atomic mass is 10.1. The Morgan fingerprint density at radius 3 is 2.63 bits per heavy atom. The van der Waals surface area contributed by atoms with E-state index in [1.54, 1.807) is 6.07 Å². The Hall–Kier alpha value is -2.45. The van der Waals surface area contributed by atoms with Crippen molar-refractivity contribution < 1.29 is 27.5 Å². The second-order valence-electron chi connectivity index (χ2n) is 6.00. The van der Waals surface area contributed by atoms with E-state index in [0.717, 1.165) is 32.7 Å². The number of carboxylic acid groups (broad SMARTS) is 1. The van der Waals surface area contributed by atoms with Crippen LogP contribution in [0.15, 0.2) is 48.5 Å². The van der Waals surface area contributed by atoms with Crippen molar-refractivity contribution in [3.63, 3.8) is 0 Å². The van der Waals surface area contributed by atoms with E-state index >= 15 is 0 Å². The predicted octanol–water partition coefficient (Wildman–Crippen LogP) is 5.10. The molecule has 0 saturated heterocycles. The molecule has 0 saturated carbocycles. The van der Waals surface area contributed by atoms with E-state index in [1.807, 2.05) is 24.3 Å². The zero-order valence-corrected chi connectivity index (χ0v) is 14.7. The second kappa shape index (κ2) is 7.66. The second-order valence-corrected chi connectivity index (χ2v) is 7.08. The van der Waals surface area contributed by atoms with Gasteiger partial charge in [0.05, 0.1) is 5.56 Å². The summed E-state index contributed by atoms with van der Waals surface area (Å²) in [4.78, 5) is 11.2. The molecule has 0 aliphatic rings. The minimum absolute atomic E-state index is 0.290. The molecule has 1 heterocycles. The molecule has 0 spiro atoms. The Morgan fingerprint density at radius 1 is 1.15 bits per heavy atom. The molecule has 0 aliphatic heterocycles. The fraction of sp³-hybridized carbons (Fsp3) is 0.211. The molecule has 0 fully saturated rings. The van der Waals surface area contributed by atoms with E-state index in [1.165, 1.54) is 17.4 Å². The predicted molar refractivity (Wildman–Crippen MR) is 96.5 cm³/mol. The minimum atomic E-state index is -4.39. The normalized spacial score (nSPS) is 13.0. The van der Waals surface area contributed by atoms with Gasteiger partial charge in [-0.2, -0.15) is 13.2 Å². The number of alkyl halides is 4. The van der Waals surface area contributed by atoms with Gasteiger partial charge in [-0.25, -0.2) is 9.18 Å². The maximum absolute atomic E-state index is 13.0. The van der Waals surface area contributed by atoms with Crippen LogP contribution < -0.4 is 5.32 Å². The van der Waals surface area contributed by atoms with Crippen LogP contribution in [0.5, 0.6) is 0 Å². The molecule has 1 aromatic heterocycles. The van der Waals surface area contributed by atoms with Gasteiger partial charge in [0.2, 0.25) is 6.17 Å². The lowest BCUT2D eigenvalue weighted by Crippen LogP contribution is -2.29. The van der Waals surface area contributed by atoms with E-state index in [0.29, 0.717) is 12.1 Å². The Kier molecular flexibility index (Phi) is 5.48. The van der Waals surface area contributed by atoms with Gasteiger partial charge in [0.15, 0.2) is 0 Å². The van der Waals surface area contributed by atoms with Gasteiger partial charge in [-0.15, -0.1) is 11.3 Å². The highest BCUT2D eigenvalue weighted by Crippen LogP contribution is 2.37. The Bertz CT molecular complexity index is 968. The zero-order chi connectivity index (χ0) is 19.6. The molecule has 0 radical (unpaired) electrons. The van der Waals surface area contributed by atoms with Crippen molar-refractivity contribution in [1.82, 2.24) is 5.32 Å². The molecule has 0 amide bonds. The van der Waals surface area contributed by atoms with Gasteiger partial charge >= 0.3 is 12.1 Å². The van der Waals surface area contributed by atoms with E-state index in [-0.39, 0.29) is 6.54 Å². The Balaban J connectivity index is 1.79. The highest BCUT2D eigenvalue weighted by atomic mass is 32.1. The molecule has 2 N–H and O–H groups in total. The molecular weight excluding hydrogens is 382 g/mol. The maximum Gasteiger partial charge on any atom is 0.416 e. The van der Waals surface area contributed by atoms with E-state index < -0.39 is 23.9 Å². The van der Waals surface area contributed by atoms with Crippen LogP contribution in [0.2, 0.25) is 0 Å². The number of hydrogen-bond acceptors (Lipinski definition) is 3. The van der Waals surface area contributed by atoms with Gasteiger partial charge in [-0.1, -0.05) is 18.2 Å². The first-order valence-corrected chi connectivity index (χ1v) is 8.83. The third-order valence-electron chi connectivity index (χ3n) is 3.98. The topological polar surface area (TPSA) is 49.3 Å². The van der Waals surface area contributed by atoms with Crippen LogP contribution in [0.1, 0.15) is 11.1 Å². The molecular formula is C19H15F4NO2S. The van der Waals surface area contributed by atoms with Gasteiger partial charge < -0.3 is 10.4 Å². The first-order chi connectivity index (χ1) is 12.7. The molecule has 8 heteroatoms. The number of halogens is 4. The number of rotatable bonds is 6. The van der Waals surface area contributed by atoms with Crippen molar-refractivity contribution in [3.8, 4) is 10.4 Å². The number of thiophene rings is 1. The summed E-state index contributed by atoms with van der Waals surface area (Å²) in [5, 5.41) is 12.1. The third kappa shape index (κ3) is 4.64. The number of fused-ring (bicyclic) bond motifs is 1. The summed E-state index contributed by atoms with van der Waals surface area (Å²) < 4.78 is 52.7. The zero-order valence-electron chi connectivity index (χ0n) is 13.9. The van der Waals surface area contributed by atoms with Gasteiger partial charge in [0, 0.05) is 22.7 Å². The average molecular weight is 397 g/mol. The number of carbonyl (C=O) groups is 1. The van der Waals surface area contributed by atoms with Gasteiger partial charge in [-0.05, 0) is 46.8 Å². The molecule has 3 nitrogen and oxygen atoms in total. The summed E-state index contributed by atoms with van der Waals surface area (Å²) in [5.41, 5.74) is 0.627. The summed E-state index contributed by atoms with van der Waals surface area (Å²) in [6, 6.07) is 12.5. The molecule has 0 bridgehead atoms. The van der Waals surface area contributed by atoms with Crippen LogP contribution in [-0.4, -0.2) is 23.8 Å². The van der Waals surface area contributed by atoms with Crippen LogP contribution >= 0.6 is 11.3 Å². The van der Waals surface area contributed by atoms with Crippen molar-refractivity contribution >= 4 is 27.4 Å². The first kappa shape index (κ1) is 19.3. The quantitative estimate of drug-likeness (QED) is 0.569. The highest BCUT2D eigenvalue weighted by Gasteiger charge is 2.30. The van der Waals surface area contributed by atoms with E-state index in [4.69, 9.17) is 5.11 Å². The molecule has 1 unspecified atom stereocenters. The molecule has 0 aliphatic carbocycles. The van der Waals surface area contributed by atoms with Crippen molar-refractivity contribution in [2.24, 2.45) is 0 Å². The first-order valence-electron chi connectivity index (χ1n) is 8.02. The molecule has 27 heavy (non-hydrogen) atoms. The largest absolute Gasteiger partial charge is 0.479 e. The summed E-state index contributed by atoms with van der Waals surface area (Å²) >= 11 is 1.39. The standard InChI is InChI=1S/C19H15F4NO2S/c20-15(18(25)26)10-24-9-11-4-5-16-13(6-11)8-17(27-16)12-2-1-3-14(7-12)19(21,22)23/h1-8,15,24H,9-10H2,(H,25,26). The van der Waals surface area contributed by atoms with Crippen LogP contribution in [0.3, 0.4) is 0 Å². The van der Waals surface area contributed by atoms with Crippen LogP contribution in [0.25, 0.3) is 20.5 Å². The third-order valence-corrected chi connectivity index (χ3v) is 5.14. The maximum atomic E-state index is 13.0. The van der Waals surface area contributed by atoms with Crippen LogP contribution in [0.4, 0.5) is 17.6 Å². The van der Waals surface area contributed by atoms with Crippen molar-refractivity contribution in [2.75, 3.05) is 6.54 Å². The van der Waals surface area contributed by atoms with Crippen molar-refractivity contribution in [3.05, 3.63) is 59.7 Å². The molecule has 2 aromatic carbocycles. The summed E-state index contributed by atoms with van der Waals surface area (Å²) in [7, 11) is 0. The van der Waals surface area contributed by atoms with Crippen LogP contribution in [-0.2, 0) is 17.5 Å². The number of benzene rings is 2. The summed E-state index contributed by atoms with van der Waals surface area (Å²) in [6.45, 7) is -0.00906. The van der Waals surface area contributed by atoms with Crippen molar-refractivity contribution in [1.29, 1.82) is 0 Å². The minimum Gasteiger partial charge on any atom is -0.479 e. The summed E-state index contributed by atoms with van der Waals surface area (Å²) in [5.74, 6) is -1.51. The molecule has 142 valence electrons. The molecule has 3 rings (SSSR count). The van der Waals surface area contributed by atoms with E-state index in [9.17, 15) is 22.4 Å². The lowest BCUT2D eigenvalue weighted by Gasteiger charge is -2.07. The lowest BCUT2D eigenvalue weighted by molar-refractivity contribution is -0.142. The number of hydrogen-bond donors (Lipinski definition) is 2. The fourth-order valence-corrected chi connectivity index (χ4v) is 3.66. The average Bonchev–Trinajstić information content (AvgIpc) is 3.04. The van der Waals surface area contributed by atoms with Crippen LogP contribution in [0, 0.1) is 0 Å². The monoisotopic (exact) mass is 397 g/mol. The van der Waals surface area contributed by atoms with E-state index in [2.05, 4.69) is 5.32 Å². The van der Waals surface area contributed by atoms with Gasteiger partial charge in [0.25, 0.3) is 0 Å². The Labute approximate surface area is 156 Å². The SMILES string of the molecule is O=C(O)C(F)CNCc1ccc2sc(-c3cccc(C(F)(F)F)c3)cc2c1. The Morgan fingerprint density at radius 2 is 1.93 bits per heavy atom. The fourth-order valence-electron chi connectivity index (χ4n) is 2.62. The number of nitrogens with one attached hydrogen (secondary N) is 1. The van der Waals surface area contributed by atoms with Gasteiger partial charge in [0.1, 0.15) is 0 Å². The molecule has 1 atom stereocenters. The highest BCUT2D eigenvalue weighted by molar-refractivity contribution is 7.22. The number of carboxylic acids is 1. The molecule has 3 aromatic rings. The smallest absolute Gasteiger partial charge is 0.416 e. The van der Waals surface area contributed by atoms with Crippen molar-refractivity contribution in [2.45, 2.75) is 18.9 Å².